The Morgan fingerprint density at radius 2 is 1.86 bits per heavy atom. The molecule has 3 N–H and O–H groups in total. The van der Waals surface area contributed by atoms with Crippen molar-refractivity contribution >= 4 is 27.5 Å². The van der Waals surface area contributed by atoms with Gasteiger partial charge in [-0.2, -0.15) is 0 Å². The Kier molecular flexibility index (Phi) is 5.03. The normalized spacial score (nSPS) is 12.0. The number of nitrogens with two attached hydrogens (primary N) is 1. The summed E-state index contributed by atoms with van der Waals surface area (Å²) in [5, 5.41) is 2.36. The van der Waals surface area contributed by atoms with E-state index in [1.165, 1.54) is 0 Å². The maximum Gasteiger partial charge on any atom is 0.241 e. The van der Waals surface area contributed by atoms with Gasteiger partial charge in [0.25, 0.3) is 0 Å². The Labute approximate surface area is 129 Å². The highest BCUT2D eigenvalue weighted by atomic mass is 79.9. The van der Waals surface area contributed by atoms with Crippen LogP contribution in [0.3, 0.4) is 0 Å². The number of carbonyl (C=O) groups is 1. The third-order valence-corrected chi connectivity index (χ3v) is 3.51. The molecule has 0 radical (unpaired) electrons. The molecule has 0 fully saturated rings. The van der Waals surface area contributed by atoms with Crippen molar-refractivity contribution in [2.75, 3.05) is 5.32 Å². The fraction of sp³-hybridized carbons (Fsp3) is 0.133. The summed E-state index contributed by atoms with van der Waals surface area (Å²) in [7, 11) is 0. The molecule has 0 aliphatic rings. The van der Waals surface area contributed by atoms with E-state index in [0.717, 1.165) is 11.6 Å². The number of halogens is 3. The van der Waals surface area contributed by atoms with Gasteiger partial charge < -0.3 is 11.1 Å². The topological polar surface area (TPSA) is 55.1 Å². The molecule has 0 aliphatic carbocycles. The molecule has 2 aromatic rings. The largest absolute Gasteiger partial charge is 0.322 e. The lowest BCUT2D eigenvalue weighted by Gasteiger charge is -2.13. The van der Waals surface area contributed by atoms with Gasteiger partial charge in [0.2, 0.25) is 5.91 Å². The maximum absolute atomic E-state index is 13.6. The van der Waals surface area contributed by atoms with E-state index in [1.54, 1.807) is 0 Å². The van der Waals surface area contributed by atoms with Crippen molar-refractivity contribution in [1.82, 2.24) is 0 Å². The average Bonchev–Trinajstić information content (AvgIpc) is 2.45. The number of amides is 1. The highest BCUT2D eigenvalue weighted by Crippen LogP contribution is 2.23. The zero-order chi connectivity index (χ0) is 15.4. The van der Waals surface area contributed by atoms with E-state index in [-0.39, 0.29) is 10.2 Å². The van der Waals surface area contributed by atoms with Gasteiger partial charge in [-0.25, -0.2) is 8.78 Å². The van der Waals surface area contributed by atoms with Crippen LogP contribution in [0.1, 0.15) is 5.56 Å². The monoisotopic (exact) mass is 354 g/mol. The lowest BCUT2D eigenvalue weighted by atomic mass is 10.1. The van der Waals surface area contributed by atoms with Crippen molar-refractivity contribution in [3.63, 3.8) is 0 Å². The Morgan fingerprint density at radius 1 is 1.19 bits per heavy atom. The molecule has 1 amide bonds. The molecule has 3 nitrogen and oxygen atoms in total. The van der Waals surface area contributed by atoms with Gasteiger partial charge in [-0.15, -0.1) is 0 Å². The molecule has 0 heterocycles. The summed E-state index contributed by atoms with van der Waals surface area (Å²) in [4.78, 5) is 12.0. The van der Waals surface area contributed by atoms with Crippen molar-refractivity contribution < 1.29 is 13.6 Å². The highest BCUT2D eigenvalue weighted by Gasteiger charge is 2.17. The van der Waals surface area contributed by atoms with Gasteiger partial charge in [0.15, 0.2) is 0 Å². The summed E-state index contributed by atoms with van der Waals surface area (Å²) in [6.45, 7) is 0. The SMILES string of the molecule is NC(Cc1ccccc1)C(=O)Nc1cc(Br)c(F)cc1F. The van der Waals surface area contributed by atoms with E-state index in [4.69, 9.17) is 5.73 Å². The van der Waals surface area contributed by atoms with Crippen LogP contribution in [0.25, 0.3) is 0 Å². The molecule has 0 saturated carbocycles. The zero-order valence-electron chi connectivity index (χ0n) is 10.9. The minimum Gasteiger partial charge on any atom is -0.322 e. The van der Waals surface area contributed by atoms with Gasteiger partial charge in [-0.1, -0.05) is 30.3 Å². The van der Waals surface area contributed by atoms with Gasteiger partial charge in [-0.05, 0) is 34.0 Å². The van der Waals surface area contributed by atoms with E-state index >= 15 is 0 Å². The van der Waals surface area contributed by atoms with Gasteiger partial charge >= 0.3 is 0 Å². The molecule has 110 valence electrons. The summed E-state index contributed by atoms with van der Waals surface area (Å²) in [6.07, 6.45) is 0.330. The fourth-order valence-electron chi connectivity index (χ4n) is 1.80. The molecule has 2 rings (SSSR count). The molecular weight excluding hydrogens is 342 g/mol. The third-order valence-electron chi connectivity index (χ3n) is 2.90. The summed E-state index contributed by atoms with van der Waals surface area (Å²) in [5.74, 6) is -2.12. The van der Waals surface area contributed by atoms with Crippen LogP contribution in [0.2, 0.25) is 0 Å². The minimum absolute atomic E-state index is 0.0656. The second-order valence-corrected chi connectivity index (χ2v) is 5.39. The Balaban J connectivity index is 2.06. The Morgan fingerprint density at radius 3 is 2.52 bits per heavy atom. The molecule has 0 aromatic heterocycles. The van der Waals surface area contributed by atoms with Crippen LogP contribution < -0.4 is 11.1 Å². The van der Waals surface area contributed by atoms with Crippen LogP contribution in [0, 0.1) is 11.6 Å². The van der Waals surface area contributed by atoms with Crippen LogP contribution in [-0.2, 0) is 11.2 Å². The number of benzene rings is 2. The van der Waals surface area contributed by atoms with E-state index in [9.17, 15) is 13.6 Å². The molecular formula is C15H13BrF2N2O. The lowest BCUT2D eigenvalue weighted by molar-refractivity contribution is -0.117. The summed E-state index contributed by atoms with van der Waals surface area (Å²) in [6, 6.07) is 10.3. The van der Waals surface area contributed by atoms with Crippen molar-refractivity contribution in [2.45, 2.75) is 12.5 Å². The van der Waals surface area contributed by atoms with Crippen LogP contribution in [-0.4, -0.2) is 11.9 Å². The van der Waals surface area contributed by atoms with Crippen LogP contribution in [0.15, 0.2) is 46.9 Å². The number of hydrogen-bond acceptors (Lipinski definition) is 2. The van der Waals surface area contributed by atoms with E-state index in [0.29, 0.717) is 12.5 Å². The zero-order valence-corrected chi connectivity index (χ0v) is 12.5. The predicted octanol–water partition coefficient (Wildman–Crippen LogP) is 3.24. The number of carbonyl (C=O) groups excluding carboxylic acids is 1. The average molecular weight is 355 g/mol. The number of nitrogens with one attached hydrogen (secondary N) is 1. The van der Waals surface area contributed by atoms with Crippen molar-refractivity contribution in [2.24, 2.45) is 5.73 Å². The number of rotatable bonds is 4. The smallest absolute Gasteiger partial charge is 0.241 e. The first-order valence-corrected chi connectivity index (χ1v) is 7.01. The predicted molar refractivity (Wildman–Crippen MR) is 80.8 cm³/mol. The van der Waals surface area contributed by atoms with Crippen LogP contribution in [0.4, 0.5) is 14.5 Å². The van der Waals surface area contributed by atoms with E-state index in [2.05, 4.69) is 21.2 Å². The Bertz CT molecular complexity index is 650. The summed E-state index contributed by atoms with van der Waals surface area (Å²) >= 11 is 2.94. The quantitative estimate of drug-likeness (QED) is 0.828. The molecule has 6 heteroatoms. The molecule has 1 unspecified atom stereocenters. The van der Waals surface area contributed by atoms with Crippen LogP contribution in [0.5, 0.6) is 0 Å². The minimum atomic E-state index is -0.851. The van der Waals surface area contributed by atoms with Gasteiger partial charge in [0, 0.05) is 6.07 Å². The fourth-order valence-corrected chi connectivity index (χ4v) is 2.15. The molecule has 2 aromatic carbocycles. The summed E-state index contributed by atoms with van der Waals surface area (Å²) in [5.41, 5.74) is 6.58. The van der Waals surface area contributed by atoms with Crippen molar-refractivity contribution in [3.05, 3.63) is 64.1 Å². The highest BCUT2D eigenvalue weighted by molar-refractivity contribution is 9.10. The first-order valence-electron chi connectivity index (χ1n) is 6.22. The van der Waals surface area contributed by atoms with Gasteiger partial charge in [0.1, 0.15) is 11.6 Å². The maximum atomic E-state index is 13.6. The molecule has 0 aliphatic heterocycles. The Hall–Kier alpha value is -1.79. The van der Waals surface area contributed by atoms with Crippen molar-refractivity contribution in [3.8, 4) is 0 Å². The number of hydrogen-bond donors (Lipinski definition) is 2. The second kappa shape index (κ2) is 6.78. The van der Waals surface area contributed by atoms with Crippen molar-refractivity contribution in [1.29, 1.82) is 0 Å². The van der Waals surface area contributed by atoms with E-state index < -0.39 is 23.6 Å². The standard InChI is InChI=1S/C15H13BrF2N2O/c16-10-7-14(12(18)8-11(10)17)20-15(21)13(19)6-9-4-2-1-3-5-9/h1-5,7-8,13H,6,19H2,(H,20,21). The molecule has 1 atom stereocenters. The first-order chi connectivity index (χ1) is 9.97. The lowest BCUT2D eigenvalue weighted by Crippen LogP contribution is -2.37. The molecule has 21 heavy (non-hydrogen) atoms. The summed E-state index contributed by atoms with van der Waals surface area (Å²) < 4.78 is 26.7. The van der Waals surface area contributed by atoms with Crippen LogP contribution >= 0.6 is 15.9 Å². The molecule has 0 bridgehead atoms. The second-order valence-electron chi connectivity index (χ2n) is 4.53. The molecule has 0 spiro atoms. The van der Waals surface area contributed by atoms with E-state index in [1.807, 2.05) is 30.3 Å². The number of anilines is 1. The first kappa shape index (κ1) is 15.6. The van der Waals surface area contributed by atoms with Gasteiger partial charge in [-0.3, -0.25) is 4.79 Å². The third kappa shape index (κ3) is 4.09. The molecule has 0 saturated heterocycles. The van der Waals surface area contributed by atoms with Gasteiger partial charge in [0.05, 0.1) is 16.2 Å².